The van der Waals surface area contributed by atoms with E-state index in [0.29, 0.717) is 11.3 Å². The van der Waals surface area contributed by atoms with Crippen LogP contribution < -0.4 is 15.8 Å². The molecule has 2 N–H and O–H groups in total. The van der Waals surface area contributed by atoms with E-state index in [-0.39, 0.29) is 6.42 Å². The zero-order chi connectivity index (χ0) is 17.1. The second-order valence-corrected chi connectivity index (χ2v) is 5.27. The van der Waals surface area contributed by atoms with Crippen molar-refractivity contribution in [1.82, 2.24) is 10.9 Å². The van der Waals surface area contributed by atoms with Crippen molar-refractivity contribution in [2.75, 3.05) is 4.90 Å². The molecule has 7 heteroatoms. The number of amides is 3. The van der Waals surface area contributed by atoms with Crippen LogP contribution in [0.5, 0.6) is 0 Å². The minimum Gasteiger partial charge on any atom is -0.287 e. The first-order chi connectivity index (χ1) is 11.6. The Bertz CT molecular complexity index is 777. The maximum absolute atomic E-state index is 13.0. The number of carbonyl (C=O) groups is 3. The summed E-state index contributed by atoms with van der Waals surface area (Å²) in [6.07, 6.45) is -0.0920. The monoisotopic (exact) mass is 327 g/mol. The smallest absolute Gasteiger partial charge is 0.265 e. The van der Waals surface area contributed by atoms with Crippen LogP contribution in [0, 0.1) is 5.82 Å². The van der Waals surface area contributed by atoms with E-state index < -0.39 is 29.6 Å². The molecular weight excluding hydrogens is 313 g/mol. The first kappa shape index (κ1) is 15.8. The molecule has 1 aliphatic heterocycles. The van der Waals surface area contributed by atoms with Crippen LogP contribution in [0.25, 0.3) is 0 Å². The third-order valence-corrected chi connectivity index (χ3v) is 3.63. The number of hydrazine groups is 1. The molecule has 1 fully saturated rings. The Hall–Kier alpha value is -3.06. The van der Waals surface area contributed by atoms with Gasteiger partial charge in [-0.2, -0.15) is 0 Å². The molecule has 6 nitrogen and oxygen atoms in total. The third kappa shape index (κ3) is 3.16. The number of nitrogens with zero attached hydrogens (tertiary/aromatic N) is 1. The predicted molar refractivity (Wildman–Crippen MR) is 84.3 cm³/mol. The van der Waals surface area contributed by atoms with Gasteiger partial charge in [-0.05, 0) is 36.4 Å². The molecule has 0 saturated carbocycles. The number of nitrogens with one attached hydrogen (secondary N) is 2. The molecule has 1 atom stereocenters. The lowest BCUT2D eigenvalue weighted by atomic mass is 10.2. The van der Waals surface area contributed by atoms with Gasteiger partial charge in [-0.25, -0.2) is 14.7 Å². The molecule has 0 aromatic heterocycles. The number of hydrogen-bond donors (Lipinski definition) is 2. The van der Waals surface area contributed by atoms with Crippen LogP contribution in [-0.2, 0) is 9.59 Å². The minimum atomic E-state index is -0.866. The highest BCUT2D eigenvalue weighted by Crippen LogP contribution is 2.22. The highest BCUT2D eigenvalue weighted by atomic mass is 19.1. The number of halogens is 1. The van der Waals surface area contributed by atoms with E-state index in [9.17, 15) is 18.8 Å². The van der Waals surface area contributed by atoms with Crippen molar-refractivity contribution in [2.24, 2.45) is 0 Å². The van der Waals surface area contributed by atoms with E-state index in [1.165, 1.54) is 24.3 Å². The summed E-state index contributed by atoms with van der Waals surface area (Å²) in [5.41, 5.74) is 5.73. The van der Waals surface area contributed by atoms with Gasteiger partial charge in [0.1, 0.15) is 11.9 Å². The Balaban J connectivity index is 1.66. The maximum Gasteiger partial charge on any atom is 0.265 e. The van der Waals surface area contributed by atoms with Crippen LogP contribution in [0.1, 0.15) is 16.8 Å². The van der Waals surface area contributed by atoms with Gasteiger partial charge in [0.2, 0.25) is 5.91 Å². The van der Waals surface area contributed by atoms with Crippen molar-refractivity contribution in [3.8, 4) is 0 Å². The van der Waals surface area contributed by atoms with Crippen molar-refractivity contribution in [1.29, 1.82) is 0 Å². The van der Waals surface area contributed by atoms with Gasteiger partial charge in [0, 0.05) is 5.56 Å². The highest BCUT2D eigenvalue weighted by molar-refractivity contribution is 6.22. The van der Waals surface area contributed by atoms with Crippen LogP contribution in [0.3, 0.4) is 0 Å². The third-order valence-electron chi connectivity index (χ3n) is 3.63. The summed E-state index contributed by atoms with van der Waals surface area (Å²) in [5.74, 6) is -1.78. The lowest BCUT2D eigenvalue weighted by Crippen LogP contribution is -2.48. The Morgan fingerprint density at radius 3 is 2.38 bits per heavy atom. The molecule has 2 aromatic rings. The average molecular weight is 327 g/mol. The molecule has 3 rings (SSSR count). The Labute approximate surface area is 137 Å². The normalized spacial score (nSPS) is 17.2. The first-order valence-corrected chi connectivity index (χ1v) is 7.29. The van der Waals surface area contributed by atoms with E-state index in [0.717, 1.165) is 4.90 Å². The summed E-state index contributed by atoms with van der Waals surface area (Å²) in [4.78, 5) is 37.3. The Kier molecular flexibility index (Phi) is 4.35. The Morgan fingerprint density at radius 2 is 1.71 bits per heavy atom. The molecule has 2 aromatic carbocycles. The molecule has 0 spiro atoms. The zero-order valence-electron chi connectivity index (χ0n) is 12.5. The summed E-state index contributed by atoms with van der Waals surface area (Å²) in [6.45, 7) is 0. The molecule has 0 unspecified atom stereocenters. The van der Waals surface area contributed by atoms with Gasteiger partial charge in [0.25, 0.3) is 11.8 Å². The number of hydrogen-bond acceptors (Lipinski definition) is 4. The van der Waals surface area contributed by atoms with Crippen LogP contribution in [-0.4, -0.2) is 23.8 Å². The predicted octanol–water partition coefficient (Wildman–Crippen LogP) is 1.39. The lowest BCUT2D eigenvalue weighted by molar-refractivity contribution is -0.121. The van der Waals surface area contributed by atoms with E-state index in [1.807, 2.05) is 0 Å². The van der Waals surface area contributed by atoms with E-state index >= 15 is 0 Å². The lowest BCUT2D eigenvalue weighted by Gasteiger charge is -2.16. The van der Waals surface area contributed by atoms with Crippen molar-refractivity contribution in [2.45, 2.75) is 12.5 Å². The van der Waals surface area contributed by atoms with Crippen LogP contribution >= 0.6 is 0 Å². The largest absolute Gasteiger partial charge is 0.287 e. The number of imide groups is 1. The van der Waals surface area contributed by atoms with Gasteiger partial charge in [-0.15, -0.1) is 0 Å². The summed E-state index contributed by atoms with van der Waals surface area (Å²) < 4.78 is 13.0. The van der Waals surface area contributed by atoms with Gasteiger partial charge in [0.05, 0.1) is 12.1 Å². The van der Waals surface area contributed by atoms with E-state index in [2.05, 4.69) is 10.9 Å². The fraction of sp³-hybridized carbons (Fsp3) is 0.118. The topological polar surface area (TPSA) is 78.5 Å². The second-order valence-electron chi connectivity index (χ2n) is 5.27. The number of benzene rings is 2. The molecule has 1 aliphatic rings. The zero-order valence-corrected chi connectivity index (χ0v) is 12.5. The maximum atomic E-state index is 13.0. The number of carbonyl (C=O) groups excluding carboxylic acids is 3. The molecule has 1 saturated heterocycles. The van der Waals surface area contributed by atoms with Gasteiger partial charge < -0.3 is 0 Å². The summed E-state index contributed by atoms with van der Waals surface area (Å²) in [7, 11) is 0. The summed E-state index contributed by atoms with van der Waals surface area (Å²) in [6, 6.07) is 12.7. The number of anilines is 1. The average Bonchev–Trinajstić information content (AvgIpc) is 2.88. The molecule has 24 heavy (non-hydrogen) atoms. The van der Waals surface area contributed by atoms with Gasteiger partial charge in [0.15, 0.2) is 0 Å². The molecular formula is C17H14FN3O3. The minimum absolute atomic E-state index is 0.0920. The molecule has 3 amide bonds. The summed E-state index contributed by atoms with van der Waals surface area (Å²) in [5, 5.41) is 0. The van der Waals surface area contributed by atoms with E-state index in [4.69, 9.17) is 0 Å². The van der Waals surface area contributed by atoms with Gasteiger partial charge in [-0.3, -0.25) is 19.8 Å². The van der Waals surface area contributed by atoms with E-state index in [1.54, 1.807) is 30.3 Å². The molecule has 0 aliphatic carbocycles. The quantitative estimate of drug-likeness (QED) is 0.657. The van der Waals surface area contributed by atoms with Crippen molar-refractivity contribution in [3.63, 3.8) is 0 Å². The van der Waals surface area contributed by atoms with Crippen LogP contribution in [0.4, 0.5) is 10.1 Å². The first-order valence-electron chi connectivity index (χ1n) is 7.29. The molecule has 0 radical (unpaired) electrons. The fourth-order valence-corrected chi connectivity index (χ4v) is 2.42. The van der Waals surface area contributed by atoms with Crippen molar-refractivity contribution < 1.29 is 18.8 Å². The fourth-order valence-electron chi connectivity index (χ4n) is 2.42. The molecule has 0 bridgehead atoms. The van der Waals surface area contributed by atoms with Crippen LogP contribution in [0.15, 0.2) is 54.6 Å². The van der Waals surface area contributed by atoms with Crippen LogP contribution in [0.2, 0.25) is 0 Å². The van der Waals surface area contributed by atoms with Crippen molar-refractivity contribution >= 4 is 23.4 Å². The number of rotatable bonds is 4. The highest BCUT2D eigenvalue weighted by Gasteiger charge is 2.39. The van der Waals surface area contributed by atoms with Gasteiger partial charge in [-0.1, -0.05) is 18.2 Å². The SMILES string of the molecule is O=C(NN[C@@H]1CC(=O)N(c2ccc(F)cc2)C1=O)c1ccccc1. The Morgan fingerprint density at radius 1 is 1.04 bits per heavy atom. The second kappa shape index (κ2) is 6.59. The summed E-state index contributed by atoms with van der Waals surface area (Å²) >= 11 is 0. The standard InChI is InChI=1S/C17H14FN3O3/c18-12-6-8-13(9-7-12)21-15(22)10-14(17(21)24)19-20-16(23)11-4-2-1-3-5-11/h1-9,14,19H,10H2,(H,20,23)/t14-/m1/s1. The van der Waals surface area contributed by atoms with Gasteiger partial charge >= 0.3 is 0 Å². The molecule has 1 heterocycles. The van der Waals surface area contributed by atoms with Crippen molar-refractivity contribution in [3.05, 3.63) is 66.0 Å². The molecule has 122 valence electrons.